The van der Waals surface area contributed by atoms with Gasteiger partial charge in [-0.2, -0.15) is 5.21 Å². The highest BCUT2D eigenvalue weighted by Crippen LogP contribution is 2.22. The van der Waals surface area contributed by atoms with Gasteiger partial charge in [-0.15, -0.1) is 10.2 Å². The summed E-state index contributed by atoms with van der Waals surface area (Å²) in [5.74, 6) is 5.29. The smallest absolute Gasteiger partial charge is 0.242 e. The molecule has 10 heteroatoms. The summed E-state index contributed by atoms with van der Waals surface area (Å²) in [7, 11) is -3.81. The summed E-state index contributed by atoms with van der Waals surface area (Å²) in [6.07, 6.45) is 0. The van der Waals surface area contributed by atoms with Gasteiger partial charge in [0.2, 0.25) is 10.0 Å². The van der Waals surface area contributed by atoms with Crippen LogP contribution < -0.4 is 4.72 Å². The quantitative estimate of drug-likeness (QED) is 0.661. The predicted molar refractivity (Wildman–Crippen MR) is 73.6 cm³/mol. The number of aromatic amines is 1. The van der Waals surface area contributed by atoms with E-state index in [1.807, 2.05) is 0 Å². The van der Waals surface area contributed by atoms with Gasteiger partial charge in [0.05, 0.1) is 11.6 Å². The number of aliphatic hydroxyl groups is 1. The summed E-state index contributed by atoms with van der Waals surface area (Å²) >= 11 is 5.95. The molecule has 0 aliphatic heterocycles. The molecule has 0 radical (unpaired) electrons. The SMILES string of the molecule is O=S(=O)(NCc1nn[nH]n1)c1ccc(C#CCO)cc1Cl. The molecule has 0 aliphatic rings. The van der Waals surface area contributed by atoms with E-state index < -0.39 is 10.0 Å². The van der Waals surface area contributed by atoms with Crippen molar-refractivity contribution in [1.82, 2.24) is 25.3 Å². The number of tetrazole rings is 1. The Bertz CT molecular complexity index is 780. The third-order valence-corrected chi connectivity index (χ3v) is 4.23. The lowest BCUT2D eigenvalue weighted by Gasteiger charge is -2.07. The van der Waals surface area contributed by atoms with Crippen molar-refractivity contribution in [2.45, 2.75) is 11.4 Å². The number of aliphatic hydroxyl groups excluding tert-OH is 1. The monoisotopic (exact) mass is 327 g/mol. The first kappa shape index (κ1) is 15.4. The van der Waals surface area contributed by atoms with Gasteiger partial charge in [-0.1, -0.05) is 28.7 Å². The second kappa shape index (κ2) is 6.64. The van der Waals surface area contributed by atoms with E-state index >= 15 is 0 Å². The molecule has 1 aromatic carbocycles. The minimum Gasteiger partial charge on any atom is -0.384 e. The van der Waals surface area contributed by atoms with E-state index in [4.69, 9.17) is 16.7 Å². The van der Waals surface area contributed by atoms with Crippen LogP contribution in [0, 0.1) is 11.8 Å². The van der Waals surface area contributed by atoms with Gasteiger partial charge in [0.1, 0.15) is 11.5 Å². The maximum atomic E-state index is 12.1. The van der Waals surface area contributed by atoms with Crippen molar-refractivity contribution in [2.75, 3.05) is 6.61 Å². The van der Waals surface area contributed by atoms with Crippen molar-refractivity contribution in [3.63, 3.8) is 0 Å². The Kier molecular flexibility index (Phi) is 4.87. The molecule has 2 aromatic rings. The fourth-order valence-corrected chi connectivity index (χ4v) is 2.96. The topological polar surface area (TPSA) is 121 Å². The van der Waals surface area contributed by atoms with E-state index in [-0.39, 0.29) is 28.9 Å². The van der Waals surface area contributed by atoms with Crippen LogP contribution in [0.15, 0.2) is 23.1 Å². The van der Waals surface area contributed by atoms with Crippen LogP contribution in [0.2, 0.25) is 5.02 Å². The van der Waals surface area contributed by atoms with E-state index in [0.29, 0.717) is 5.56 Å². The van der Waals surface area contributed by atoms with E-state index in [0.717, 1.165) is 0 Å². The van der Waals surface area contributed by atoms with Gasteiger partial charge in [0, 0.05) is 5.56 Å². The number of rotatable bonds is 4. The molecule has 2 rings (SSSR count). The molecular weight excluding hydrogens is 318 g/mol. The maximum Gasteiger partial charge on any atom is 0.242 e. The summed E-state index contributed by atoms with van der Waals surface area (Å²) in [5, 5.41) is 21.4. The molecular formula is C11H10ClN5O3S. The van der Waals surface area contributed by atoms with Crippen LogP contribution in [0.4, 0.5) is 0 Å². The molecule has 0 saturated heterocycles. The molecule has 0 atom stereocenters. The van der Waals surface area contributed by atoms with Gasteiger partial charge in [0.25, 0.3) is 0 Å². The second-order valence-corrected chi connectivity index (χ2v) is 5.90. The maximum absolute atomic E-state index is 12.1. The third-order valence-electron chi connectivity index (χ3n) is 2.34. The Balaban J connectivity index is 2.19. The standard InChI is InChI=1S/C11H10ClN5O3S/c12-9-6-8(2-1-5-18)3-4-10(9)21(19,20)13-7-11-14-16-17-15-11/h3-4,6,13,18H,5,7H2,(H,14,15,16,17). The van der Waals surface area contributed by atoms with Crippen molar-refractivity contribution >= 4 is 21.6 Å². The highest BCUT2D eigenvalue weighted by atomic mass is 35.5. The molecule has 0 amide bonds. The zero-order chi connectivity index (χ0) is 15.3. The van der Waals surface area contributed by atoms with Gasteiger partial charge in [-0.05, 0) is 18.2 Å². The lowest BCUT2D eigenvalue weighted by Crippen LogP contribution is -2.24. The van der Waals surface area contributed by atoms with Crippen LogP contribution in [0.25, 0.3) is 0 Å². The van der Waals surface area contributed by atoms with Gasteiger partial charge in [-0.3, -0.25) is 0 Å². The average Bonchev–Trinajstić information content (AvgIpc) is 2.96. The van der Waals surface area contributed by atoms with Gasteiger partial charge in [0.15, 0.2) is 5.82 Å². The minimum absolute atomic E-state index is 0.0281. The number of nitrogens with one attached hydrogen (secondary N) is 2. The number of benzene rings is 1. The Labute approximate surface area is 125 Å². The molecule has 1 aromatic heterocycles. The van der Waals surface area contributed by atoms with Crippen molar-refractivity contribution in [2.24, 2.45) is 0 Å². The second-order valence-electron chi connectivity index (χ2n) is 3.76. The Morgan fingerprint density at radius 2 is 2.24 bits per heavy atom. The van der Waals surface area contributed by atoms with Gasteiger partial charge in [-0.25, -0.2) is 13.1 Å². The third kappa shape index (κ3) is 3.99. The normalized spacial score (nSPS) is 11.0. The first-order chi connectivity index (χ1) is 10.0. The summed E-state index contributed by atoms with van der Waals surface area (Å²) in [6, 6.07) is 4.24. The fraction of sp³-hybridized carbons (Fsp3) is 0.182. The fourth-order valence-electron chi connectivity index (χ4n) is 1.43. The van der Waals surface area contributed by atoms with Crippen LogP contribution in [0.1, 0.15) is 11.4 Å². The molecule has 0 spiro atoms. The average molecular weight is 328 g/mol. The van der Waals surface area contributed by atoms with E-state index in [9.17, 15) is 8.42 Å². The molecule has 0 bridgehead atoms. The van der Waals surface area contributed by atoms with Crippen LogP contribution in [-0.4, -0.2) is 40.8 Å². The number of nitrogens with zero attached hydrogens (tertiary/aromatic N) is 3. The van der Waals surface area contributed by atoms with Crippen LogP contribution in [0.5, 0.6) is 0 Å². The lowest BCUT2D eigenvalue weighted by atomic mass is 10.2. The van der Waals surface area contributed by atoms with Gasteiger partial charge < -0.3 is 5.11 Å². The lowest BCUT2D eigenvalue weighted by molar-refractivity contribution is 0.350. The molecule has 0 aliphatic carbocycles. The first-order valence-corrected chi connectivity index (χ1v) is 7.50. The highest BCUT2D eigenvalue weighted by Gasteiger charge is 2.18. The van der Waals surface area contributed by atoms with Gasteiger partial charge >= 0.3 is 0 Å². The number of aromatic nitrogens is 4. The van der Waals surface area contributed by atoms with Crippen molar-refractivity contribution in [3.8, 4) is 11.8 Å². The molecule has 0 unspecified atom stereocenters. The summed E-state index contributed by atoms with van der Waals surface area (Å²) < 4.78 is 26.5. The number of sulfonamides is 1. The predicted octanol–water partition coefficient (Wildman–Crippen LogP) is -0.325. The van der Waals surface area contributed by atoms with Crippen LogP contribution in [0.3, 0.4) is 0 Å². The van der Waals surface area contributed by atoms with Crippen molar-refractivity contribution in [1.29, 1.82) is 0 Å². The zero-order valence-electron chi connectivity index (χ0n) is 10.5. The van der Waals surface area contributed by atoms with E-state index in [1.165, 1.54) is 18.2 Å². The minimum atomic E-state index is -3.81. The highest BCUT2D eigenvalue weighted by molar-refractivity contribution is 7.89. The van der Waals surface area contributed by atoms with Crippen LogP contribution >= 0.6 is 11.6 Å². The van der Waals surface area contributed by atoms with E-state index in [2.05, 4.69) is 37.2 Å². The Hall–Kier alpha value is -1.99. The molecule has 110 valence electrons. The number of halogens is 1. The largest absolute Gasteiger partial charge is 0.384 e. The number of H-pyrrole nitrogens is 1. The molecule has 21 heavy (non-hydrogen) atoms. The molecule has 8 nitrogen and oxygen atoms in total. The summed E-state index contributed by atoms with van der Waals surface area (Å²) in [5.41, 5.74) is 0.506. The van der Waals surface area contributed by atoms with Crippen LogP contribution in [-0.2, 0) is 16.6 Å². The first-order valence-electron chi connectivity index (χ1n) is 5.64. The summed E-state index contributed by atoms with van der Waals surface area (Å²) in [4.78, 5) is -0.0813. The molecule has 1 heterocycles. The van der Waals surface area contributed by atoms with Crippen molar-refractivity contribution in [3.05, 3.63) is 34.6 Å². The summed E-state index contributed by atoms with van der Waals surface area (Å²) in [6.45, 7) is -0.398. The Morgan fingerprint density at radius 1 is 1.43 bits per heavy atom. The van der Waals surface area contributed by atoms with Crippen molar-refractivity contribution < 1.29 is 13.5 Å². The van der Waals surface area contributed by atoms with E-state index in [1.54, 1.807) is 0 Å². The molecule has 0 fully saturated rings. The zero-order valence-corrected chi connectivity index (χ0v) is 12.1. The Morgan fingerprint density at radius 3 is 2.86 bits per heavy atom. The number of hydrogen-bond acceptors (Lipinski definition) is 6. The number of hydrogen-bond donors (Lipinski definition) is 3. The molecule has 0 saturated carbocycles. The molecule has 3 N–H and O–H groups in total.